The van der Waals surface area contributed by atoms with Crippen LogP contribution in [0.25, 0.3) is 0 Å². The van der Waals surface area contributed by atoms with Crippen LogP contribution in [0.1, 0.15) is 13.3 Å². The predicted molar refractivity (Wildman–Crippen MR) is 95.9 cm³/mol. The molecule has 0 aromatic heterocycles. The zero-order valence-electron chi connectivity index (χ0n) is 13.9. The Bertz CT molecular complexity index is 930. The molecule has 1 aromatic rings. The number of Topliss-reactive ketones (excluding diaryl/α,β-unsaturated/α-hetero) is 2. The summed E-state index contributed by atoms with van der Waals surface area (Å²) in [6, 6.07) is 7.43. The molecular weight excluding hydrogens is 314 g/mol. The van der Waals surface area contributed by atoms with E-state index in [4.69, 9.17) is 4.74 Å². The van der Waals surface area contributed by atoms with Gasteiger partial charge in [0.15, 0.2) is 5.75 Å². The Kier molecular flexibility index (Phi) is 3.61. The van der Waals surface area contributed by atoms with Crippen molar-refractivity contribution in [1.82, 2.24) is 0 Å². The van der Waals surface area contributed by atoms with Crippen LogP contribution in [0.2, 0.25) is 0 Å². The van der Waals surface area contributed by atoms with E-state index in [9.17, 15) is 9.59 Å². The molecule has 0 radical (unpaired) electrons. The number of ketones is 2. The Hall–Kier alpha value is -3.01. The van der Waals surface area contributed by atoms with Gasteiger partial charge in [0.1, 0.15) is 11.4 Å². The van der Waals surface area contributed by atoms with Gasteiger partial charge in [0.05, 0.1) is 17.2 Å². The second-order valence-electron chi connectivity index (χ2n) is 6.44. The van der Waals surface area contributed by atoms with Gasteiger partial charge in [0.25, 0.3) is 0 Å². The van der Waals surface area contributed by atoms with Crippen molar-refractivity contribution in [1.29, 1.82) is 0 Å². The highest BCUT2D eigenvalue weighted by molar-refractivity contribution is 6.48. The van der Waals surface area contributed by atoms with Gasteiger partial charge in [-0.25, -0.2) is 4.99 Å². The zero-order chi connectivity index (χ0) is 17.6. The summed E-state index contributed by atoms with van der Waals surface area (Å²) in [5.41, 5.74) is 2.41. The average molecular weight is 331 g/mol. The molecule has 2 aliphatic carbocycles. The summed E-state index contributed by atoms with van der Waals surface area (Å²) in [7, 11) is 0. The molecule has 0 N–H and O–H groups in total. The Morgan fingerprint density at radius 1 is 1.28 bits per heavy atom. The van der Waals surface area contributed by atoms with Crippen LogP contribution in [-0.4, -0.2) is 17.3 Å². The summed E-state index contributed by atoms with van der Waals surface area (Å²) in [6.45, 7) is 5.67. The maximum Gasteiger partial charge on any atom is 0.233 e. The molecule has 4 nitrogen and oxygen atoms in total. The molecule has 0 saturated heterocycles. The van der Waals surface area contributed by atoms with E-state index in [0.29, 0.717) is 40.5 Å². The minimum absolute atomic E-state index is 0.0117. The molecule has 0 amide bonds. The first kappa shape index (κ1) is 15.5. The van der Waals surface area contributed by atoms with Gasteiger partial charge < -0.3 is 4.74 Å². The number of benzene rings is 1. The van der Waals surface area contributed by atoms with Crippen LogP contribution in [0, 0.1) is 11.8 Å². The maximum absolute atomic E-state index is 12.8. The predicted octanol–water partition coefficient (Wildman–Crippen LogP) is 3.88. The highest BCUT2D eigenvalue weighted by atomic mass is 16.5. The molecule has 0 fully saturated rings. The van der Waals surface area contributed by atoms with Crippen molar-refractivity contribution in [2.75, 3.05) is 0 Å². The molecule has 0 bridgehead atoms. The molecule has 1 heterocycles. The molecule has 1 aromatic carbocycles. The number of nitrogens with zero attached hydrogens (tertiary/aromatic N) is 1. The topological polar surface area (TPSA) is 55.7 Å². The first-order chi connectivity index (χ1) is 12.1. The minimum atomic E-state index is -0.499. The Balaban J connectivity index is 1.90. The molecule has 0 saturated carbocycles. The molecule has 124 valence electrons. The van der Waals surface area contributed by atoms with Gasteiger partial charge >= 0.3 is 0 Å². The van der Waals surface area contributed by atoms with E-state index in [1.807, 2.05) is 37.3 Å². The van der Waals surface area contributed by atoms with Gasteiger partial charge in [-0.3, -0.25) is 9.59 Å². The monoisotopic (exact) mass is 331 g/mol. The molecule has 3 aliphatic rings. The van der Waals surface area contributed by atoms with Gasteiger partial charge in [0, 0.05) is 5.57 Å². The number of hydrogen-bond donors (Lipinski definition) is 0. The van der Waals surface area contributed by atoms with Crippen LogP contribution in [0.4, 0.5) is 5.69 Å². The molecule has 25 heavy (non-hydrogen) atoms. The molecule has 2 atom stereocenters. The quantitative estimate of drug-likeness (QED) is 0.624. The Morgan fingerprint density at radius 3 is 2.80 bits per heavy atom. The van der Waals surface area contributed by atoms with E-state index < -0.39 is 17.5 Å². The summed E-state index contributed by atoms with van der Waals surface area (Å²) in [5, 5.41) is 0. The number of aliphatic imine (C=N–C) groups is 1. The lowest BCUT2D eigenvalue weighted by atomic mass is 9.77. The van der Waals surface area contributed by atoms with Crippen LogP contribution in [0.3, 0.4) is 0 Å². The molecule has 0 spiro atoms. The van der Waals surface area contributed by atoms with Crippen LogP contribution in [0.5, 0.6) is 5.75 Å². The first-order valence-electron chi connectivity index (χ1n) is 8.30. The van der Waals surface area contributed by atoms with Crippen molar-refractivity contribution in [3.63, 3.8) is 0 Å². The average Bonchev–Trinajstić information content (AvgIpc) is 2.58. The van der Waals surface area contributed by atoms with Gasteiger partial charge in [-0.15, -0.1) is 6.58 Å². The largest absolute Gasteiger partial charge is 0.455 e. The number of fused-ring (bicyclic) bond motifs is 3. The normalized spacial score (nSPS) is 25.1. The number of ether oxygens (including phenoxy) is 1. The number of carbonyl (C=O) groups is 2. The summed E-state index contributed by atoms with van der Waals surface area (Å²) in [4.78, 5) is 30.0. The van der Waals surface area contributed by atoms with Crippen molar-refractivity contribution in [2.45, 2.75) is 13.3 Å². The van der Waals surface area contributed by atoms with E-state index in [0.717, 1.165) is 0 Å². The van der Waals surface area contributed by atoms with Crippen molar-refractivity contribution in [3.05, 3.63) is 72.1 Å². The van der Waals surface area contributed by atoms with Crippen LogP contribution < -0.4 is 4.74 Å². The van der Waals surface area contributed by atoms with E-state index in [-0.39, 0.29) is 5.92 Å². The fraction of sp³-hybridized carbons (Fsp3) is 0.190. The molecule has 4 heteroatoms. The Labute approximate surface area is 145 Å². The van der Waals surface area contributed by atoms with Crippen molar-refractivity contribution in [3.8, 4) is 5.75 Å². The minimum Gasteiger partial charge on any atom is -0.455 e. The van der Waals surface area contributed by atoms with Crippen molar-refractivity contribution >= 4 is 23.0 Å². The maximum atomic E-state index is 12.8. The third-order valence-electron chi connectivity index (χ3n) is 4.76. The van der Waals surface area contributed by atoms with Crippen LogP contribution in [-0.2, 0) is 9.59 Å². The third kappa shape index (κ3) is 2.41. The number of para-hydroxylation sites is 2. The zero-order valence-corrected chi connectivity index (χ0v) is 13.9. The van der Waals surface area contributed by atoms with Gasteiger partial charge in [-0.2, -0.15) is 0 Å². The third-order valence-corrected chi connectivity index (χ3v) is 4.76. The molecule has 2 unspecified atom stereocenters. The summed E-state index contributed by atoms with van der Waals surface area (Å²) < 4.78 is 6.03. The second-order valence-corrected chi connectivity index (χ2v) is 6.44. The van der Waals surface area contributed by atoms with Crippen LogP contribution in [0.15, 0.2) is 77.0 Å². The molecular formula is C21H17NO3. The van der Waals surface area contributed by atoms with Gasteiger partial charge in [-0.05, 0) is 42.7 Å². The van der Waals surface area contributed by atoms with E-state index in [1.54, 1.807) is 18.2 Å². The fourth-order valence-corrected chi connectivity index (χ4v) is 3.32. The van der Waals surface area contributed by atoms with E-state index in [1.165, 1.54) is 0 Å². The fourth-order valence-electron chi connectivity index (χ4n) is 3.32. The number of hydrogen-bond acceptors (Lipinski definition) is 4. The first-order valence-corrected chi connectivity index (χ1v) is 8.30. The lowest BCUT2D eigenvalue weighted by molar-refractivity contribution is -0.137. The summed E-state index contributed by atoms with van der Waals surface area (Å²) in [5.74, 6) is -0.370. The van der Waals surface area contributed by atoms with Gasteiger partial charge in [0.2, 0.25) is 11.6 Å². The summed E-state index contributed by atoms with van der Waals surface area (Å²) >= 11 is 0. The standard InChI is InChI=1S/C21H17NO3/c1-3-6-12(2)14-11-18-19(21(24)20(14)23)13-9-10-15(13)22-16-7-4-5-8-17(16)25-18/h3-5,7-12,14H,1,6H2,2H3/b19-13+,22-15?. The van der Waals surface area contributed by atoms with Crippen molar-refractivity contribution in [2.24, 2.45) is 16.8 Å². The molecule has 1 aliphatic heterocycles. The lowest BCUT2D eigenvalue weighted by Crippen LogP contribution is -2.36. The van der Waals surface area contributed by atoms with Crippen molar-refractivity contribution < 1.29 is 14.3 Å². The van der Waals surface area contributed by atoms with Gasteiger partial charge in [-0.1, -0.05) is 25.1 Å². The van der Waals surface area contributed by atoms with Crippen LogP contribution >= 0.6 is 0 Å². The van der Waals surface area contributed by atoms with E-state index >= 15 is 0 Å². The summed E-state index contributed by atoms with van der Waals surface area (Å²) in [6.07, 6.45) is 7.85. The second kappa shape index (κ2) is 5.81. The SMILES string of the molecule is C=CCC(C)C1C=C2Oc3ccccc3N=C3C=C/C3=C/2C(=O)C1=O. The Morgan fingerprint density at radius 2 is 2.08 bits per heavy atom. The highest BCUT2D eigenvalue weighted by Crippen LogP contribution is 2.40. The number of rotatable bonds is 3. The smallest absolute Gasteiger partial charge is 0.233 e. The lowest BCUT2D eigenvalue weighted by Gasteiger charge is -2.29. The number of carbonyl (C=O) groups excluding carboxylic acids is 2. The highest BCUT2D eigenvalue weighted by Gasteiger charge is 2.40. The van der Waals surface area contributed by atoms with E-state index in [2.05, 4.69) is 11.6 Å². The molecule has 4 rings (SSSR count). The number of allylic oxidation sites excluding steroid dienone is 6.